The van der Waals surface area contributed by atoms with Crippen molar-refractivity contribution in [3.05, 3.63) is 18.0 Å². The Kier molecular flexibility index (Phi) is 3.78. The second kappa shape index (κ2) is 4.57. The molecule has 0 aliphatic carbocycles. The Labute approximate surface area is 97.6 Å². The van der Waals surface area contributed by atoms with E-state index in [-0.39, 0.29) is 11.2 Å². The number of nitrogens with zero attached hydrogens (tertiary/aromatic N) is 2. The molecule has 0 aliphatic heterocycles. The molecule has 0 spiro atoms. The van der Waals surface area contributed by atoms with Gasteiger partial charge in [-0.3, -0.25) is 4.68 Å². The van der Waals surface area contributed by atoms with Crippen molar-refractivity contribution in [2.75, 3.05) is 12.0 Å². The van der Waals surface area contributed by atoms with Crippen LogP contribution in [-0.4, -0.2) is 30.2 Å². The highest BCUT2D eigenvalue weighted by Gasteiger charge is 2.12. The van der Waals surface area contributed by atoms with Crippen molar-refractivity contribution in [1.82, 2.24) is 9.78 Å². The van der Waals surface area contributed by atoms with Gasteiger partial charge in [-0.25, -0.2) is 8.42 Å². The van der Waals surface area contributed by atoms with Crippen molar-refractivity contribution >= 4 is 9.84 Å². The van der Waals surface area contributed by atoms with Crippen LogP contribution in [0.4, 0.5) is 0 Å². The molecule has 92 valence electrons. The summed E-state index contributed by atoms with van der Waals surface area (Å²) in [6.07, 6.45) is 5.93. The number of aryl methyl sites for hydroxylation is 1. The highest BCUT2D eigenvalue weighted by Crippen LogP contribution is 2.19. The Morgan fingerprint density at radius 2 is 2.00 bits per heavy atom. The molecule has 1 aromatic heterocycles. The molecule has 0 N–H and O–H groups in total. The SMILES string of the molecule is CC(C)(C)Cc1cnn(CCS(C)(=O)=O)c1. The molecule has 0 atom stereocenters. The molecule has 0 amide bonds. The average Bonchev–Trinajstić information content (AvgIpc) is 2.44. The highest BCUT2D eigenvalue weighted by atomic mass is 32.2. The zero-order chi connectivity index (χ0) is 12.4. The van der Waals surface area contributed by atoms with E-state index < -0.39 is 9.84 Å². The van der Waals surface area contributed by atoms with Crippen LogP contribution < -0.4 is 0 Å². The van der Waals surface area contributed by atoms with Gasteiger partial charge in [-0.2, -0.15) is 5.10 Å². The molecule has 0 unspecified atom stereocenters. The van der Waals surface area contributed by atoms with Crippen LogP contribution in [0.25, 0.3) is 0 Å². The van der Waals surface area contributed by atoms with Gasteiger partial charge in [0.25, 0.3) is 0 Å². The highest BCUT2D eigenvalue weighted by molar-refractivity contribution is 7.90. The Bertz CT molecular complexity index is 441. The van der Waals surface area contributed by atoms with E-state index in [1.807, 2.05) is 12.4 Å². The van der Waals surface area contributed by atoms with E-state index in [2.05, 4.69) is 25.9 Å². The number of sulfone groups is 1. The lowest BCUT2D eigenvalue weighted by atomic mass is 9.89. The lowest BCUT2D eigenvalue weighted by Crippen LogP contribution is -2.11. The topological polar surface area (TPSA) is 52.0 Å². The van der Waals surface area contributed by atoms with E-state index in [0.29, 0.717) is 6.54 Å². The fourth-order valence-corrected chi connectivity index (χ4v) is 2.01. The zero-order valence-electron chi connectivity index (χ0n) is 10.4. The second-order valence-electron chi connectivity index (χ2n) is 5.48. The van der Waals surface area contributed by atoms with Crippen molar-refractivity contribution in [3.8, 4) is 0 Å². The van der Waals surface area contributed by atoms with Gasteiger partial charge in [0.15, 0.2) is 0 Å². The maximum absolute atomic E-state index is 11.0. The van der Waals surface area contributed by atoms with Crippen molar-refractivity contribution in [3.63, 3.8) is 0 Å². The molecule has 0 radical (unpaired) electrons. The lowest BCUT2D eigenvalue weighted by Gasteiger charge is -2.16. The van der Waals surface area contributed by atoms with E-state index in [4.69, 9.17) is 0 Å². The van der Waals surface area contributed by atoms with Gasteiger partial charge >= 0.3 is 0 Å². The monoisotopic (exact) mass is 244 g/mol. The van der Waals surface area contributed by atoms with Crippen LogP contribution in [0, 0.1) is 5.41 Å². The van der Waals surface area contributed by atoms with E-state index in [1.165, 1.54) is 6.26 Å². The predicted octanol–water partition coefficient (Wildman–Crippen LogP) is 1.52. The van der Waals surface area contributed by atoms with Crippen LogP contribution in [0.2, 0.25) is 0 Å². The summed E-state index contributed by atoms with van der Waals surface area (Å²) in [5.74, 6) is 0.142. The van der Waals surface area contributed by atoms with Gasteiger partial charge in [-0.05, 0) is 17.4 Å². The molecule has 0 saturated heterocycles. The van der Waals surface area contributed by atoms with E-state index >= 15 is 0 Å². The van der Waals surface area contributed by atoms with Crippen molar-refractivity contribution < 1.29 is 8.42 Å². The standard InChI is InChI=1S/C11H20N2O2S/c1-11(2,3)7-10-8-12-13(9-10)5-6-16(4,14)15/h8-9H,5-7H2,1-4H3. The zero-order valence-corrected chi connectivity index (χ0v) is 11.2. The minimum atomic E-state index is -2.91. The first-order valence-electron chi connectivity index (χ1n) is 5.35. The largest absolute Gasteiger partial charge is 0.271 e. The third-order valence-corrected chi connectivity index (χ3v) is 3.04. The van der Waals surface area contributed by atoms with Crippen LogP contribution in [0.15, 0.2) is 12.4 Å². The molecule has 0 aliphatic rings. The van der Waals surface area contributed by atoms with Gasteiger partial charge in [0.1, 0.15) is 9.84 Å². The maximum atomic E-state index is 11.0. The van der Waals surface area contributed by atoms with Crippen LogP contribution in [-0.2, 0) is 22.8 Å². The molecule has 16 heavy (non-hydrogen) atoms. The van der Waals surface area contributed by atoms with E-state index in [0.717, 1.165) is 12.0 Å². The fourth-order valence-electron chi connectivity index (χ4n) is 1.49. The molecule has 5 heteroatoms. The molecule has 0 fully saturated rings. The molecule has 1 rings (SSSR count). The Balaban J connectivity index is 2.59. The molecule has 1 heterocycles. The molecule has 1 aromatic rings. The van der Waals surface area contributed by atoms with Gasteiger partial charge in [0.2, 0.25) is 0 Å². The van der Waals surface area contributed by atoms with Gasteiger partial charge in [0, 0.05) is 12.5 Å². The van der Waals surface area contributed by atoms with E-state index in [9.17, 15) is 8.42 Å². The minimum absolute atomic E-state index is 0.142. The molecular weight excluding hydrogens is 224 g/mol. The van der Waals surface area contributed by atoms with Crippen molar-refractivity contribution in [1.29, 1.82) is 0 Å². The predicted molar refractivity (Wildman–Crippen MR) is 65.1 cm³/mol. The van der Waals surface area contributed by atoms with E-state index in [1.54, 1.807) is 4.68 Å². The lowest BCUT2D eigenvalue weighted by molar-refractivity contribution is 0.411. The first-order valence-corrected chi connectivity index (χ1v) is 7.41. The summed E-state index contributed by atoms with van der Waals surface area (Å²) in [6.45, 7) is 6.94. The first-order chi connectivity index (χ1) is 7.16. The number of hydrogen-bond acceptors (Lipinski definition) is 3. The summed E-state index contributed by atoms with van der Waals surface area (Å²) in [4.78, 5) is 0. The smallest absolute Gasteiger partial charge is 0.149 e. The van der Waals surface area contributed by atoms with Gasteiger partial charge in [-0.15, -0.1) is 0 Å². The number of hydrogen-bond donors (Lipinski definition) is 0. The van der Waals surface area contributed by atoms with Crippen molar-refractivity contribution in [2.24, 2.45) is 5.41 Å². The summed E-state index contributed by atoms with van der Waals surface area (Å²) in [5.41, 5.74) is 1.38. The van der Waals surface area contributed by atoms with Crippen LogP contribution >= 0.6 is 0 Å². The fraction of sp³-hybridized carbons (Fsp3) is 0.727. The van der Waals surface area contributed by atoms with Gasteiger partial charge in [-0.1, -0.05) is 20.8 Å². The molecule has 0 aromatic carbocycles. The maximum Gasteiger partial charge on any atom is 0.149 e. The van der Waals surface area contributed by atoms with Gasteiger partial charge < -0.3 is 0 Å². The molecule has 0 bridgehead atoms. The number of aromatic nitrogens is 2. The summed E-state index contributed by atoms with van der Waals surface area (Å²) in [7, 11) is -2.91. The molecule has 0 saturated carbocycles. The second-order valence-corrected chi connectivity index (χ2v) is 7.74. The quantitative estimate of drug-likeness (QED) is 0.807. The average molecular weight is 244 g/mol. The van der Waals surface area contributed by atoms with Crippen LogP contribution in [0.5, 0.6) is 0 Å². The van der Waals surface area contributed by atoms with Crippen LogP contribution in [0.1, 0.15) is 26.3 Å². The minimum Gasteiger partial charge on any atom is -0.271 e. The van der Waals surface area contributed by atoms with Crippen LogP contribution in [0.3, 0.4) is 0 Å². The molecule has 4 nitrogen and oxygen atoms in total. The summed E-state index contributed by atoms with van der Waals surface area (Å²) >= 11 is 0. The first kappa shape index (κ1) is 13.2. The third-order valence-electron chi connectivity index (χ3n) is 2.11. The summed E-state index contributed by atoms with van der Waals surface area (Å²) in [5, 5.41) is 4.16. The van der Waals surface area contributed by atoms with Crippen molar-refractivity contribution in [2.45, 2.75) is 33.7 Å². The molecular formula is C11H20N2O2S. The Morgan fingerprint density at radius 1 is 1.38 bits per heavy atom. The normalized spacial score (nSPS) is 13.0. The Hall–Kier alpha value is -0.840. The Morgan fingerprint density at radius 3 is 2.50 bits per heavy atom. The van der Waals surface area contributed by atoms with Gasteiger partial charge in [0.05, 0.1) is 18.5 Å². The summed E-state index contributed by atoms with van der Waals surface area (Å²) < 4.78 is 23.7. The summed E-state index contributed by atoms with van der Waals surface area (Å²) in [6, 6.07) is 0. The third kappa shape index (κ3) is 5.30. The number of rotatable bonds is 4.